The van der Waals surface area contributed by atoms with Crippen LogP contribution >= 0.6 is 0 Å². The molecule has 0 fully saturated rings. The van der Waals surface area contributed by atoms with Crippen molar-refractivity contribution in [3.8, 4) is 0 Å². The Labute approximate surface area is 122 Å². The highest BCUT2D eigenvalue weighted by atomic mass is 14.9. The standard InChI is InChI=1S/C19H23N/c1-14-6-5-7-15(2)19(14)13-20-18-11-10-16-8-3-4-9-17(16)12-18/h3-9,18,20H,10-13H2,1-2H3. The maximum atomic E-state index is 3.76. The van der Waals surface area contributed by atoms with Crippen molar-refractivity contribution in [3.05, 3.63) is 70.3 Å². The topological polar surface area (TPSA) is 12.0 Å². The van der Waals surface area contributed by atoms with E-state index in [1.54, 1.807) is 0 Å². The summed E-state index contributed by atoms with van der Waals surface area (Å²) in [5, 5.41) is 3.76. The van der Waals surface area contributed by atoms with Crippen molar-refractivity contribution in [2.75, 3.05) is 0 Å². The van der Waals surface area contributed by atoms with Crippen molar-refractivity contribution in [2.24, 2.45) is 0 Å². The Morgan fingerprint density at radius 2 is 1.65 bits per heavy atom. The fourth-order valence-corrected chi connectivity index (χ4v) is 3.25. The number of hydrogen-bond donors (Lipinski definition) is 1. The van der Waals surface area contributed by atoms with Gasteiger partial charge in [0.2, 0.25) is 0 Å². The molecule has 0 aliphatic heterocycles. The van der Waals surface area contributed by atoms with E-state index in [1.807, 2.05) is 0 Å². The summed E-state index contributed by atoms with van der Waals surface area (Å²) in [5.41, 5.74) is 7.32. The maximum Gasteiger partial charge on any atom is 0.0213 e. The number of nitrogens with one attached hydrogen (secondary N) is 1. The Balaban J connectivity index is 1.66. The molecule has 1 heteroatoms. The van der Waals surface area contributed by atoms with E-state index in [4.69, 9.17) is 0 Å². The van der Waals surface area contributed by atoms with Crippen LogP contribution in [0, 0.1) is 13.8 Å². The van der Waals surface area contributed by atoms with Crippen LogP contribution in [0.3, 0.4) is 0 Å². The van der Waals surface area contributed by atoms with Gasteiger partial charge in [-0.25, -0.2) is 0 Å². The van der Waals surface area contributed by atoms with Crippen LogP contribution in [0.2, 0.25) is 0 Å². The van der Waals surface area contributed by atoms with E-state index in [2.05, 4.69) is 61.6 Å². The lowest BCUT2D eigenvalue weighted by Gasteiger charge is -2.26. The number of fused-ring (bicyclic) bond motifs is 1. The molecule has 2 aromatic carbocycles. The minimum Gasteiger partial charge on any atom is -0.310 e. The molecule has 20 heavy (non-hydrogen) atoms. The lowest BCUT2D eigenvalue weighted by Crippen LogP contribution is -2.34. The Morgan fingerprint density at radius 1 is 0.950 bits per heavy atom. The van der Waals surface area contributed by atoms with Gasteiger partial charge >= 0.3 is 0 Å². The predicted octanol–water partition coefficient (Wildman–Crippen LogP) is 3.95. The molecule has 1 N–H and O–H groups in total. The molecule has 0 heterocycles. The molecule has 2 aromatic rings. The molecule has 1 nitrogen and oxygen atoms in total. The van der Waals surface area contributed by atoms with Gasteiger partial charge in [0.1, 0.15) is 0 Å². The van der Waals surface area contributed by atoms with Gasteiger partial charge in [0, 0.05) is 12.6 Å². The number of benzene rings is 2. The summed E-state index contributed by atoms with van der Waals surface area (Å²) in [7, 11) is 0. The molecule has 0 amide bonds. The second-order valence-electron chi connectivity index (χ2n) is 5.96. The monoisotopic (exact) mass is 265 g/mol. The van der Waals surface area contributed by atoms with Crippen LogP contribution in [0.5, 0.6) is 0 Å². The van der Waals surface area contributed by atoms with E-state index in [0.717, 1.165) is 6.54 Å². The third kappa shape index (κ3) is 2.78. The first kappa shape index (κ1) is 13.4. The van der Waals surface area contributed by atoms with E-state index in [0.29, 0.717) is 6.04 Å². The second kappa shape index (κ2) is 5.80. The van der Waals surface area contributed by atoms with Gasteiger partial charge in [-0.3, -0.25) is 0 Å². The molecule has 0 aromatic heterocycles. The molecule has 3 rings (SSSR count). The lowest BCUT2D eigenvalue weighted by molar-refractivity contribution is 0.456. The van der Waals surface area contributed by atoms with Gasteiger partial charge in [0.25, 0.3) is 0 Å². The van der Waals surface area contributed by atoms with Gasteiger partial charge in [-0.15, -0.1) is 0 Å². The highest BCUT2D eigenvalue weighted by Gasteiger charge is 2.17. The van der Waals surface area contributed by atoms with Crippen LogP contribution in [0.1, 0.15) is 34.2 Å². The quantitative estimate of drug-likeness (QED) is 0.886. The Bertz CT molecular complexity index is 580. The van der Waals surface area contributed by atoms with E-state index >= 15 is 0 Å². The normalized spacial score (nSPS) is 17.8. The molecule has 0 radical (unpaired) electrons. The first-order valence-electron chi connectivity index (χ1n) is 7.59. The van der Waals surface area contributed by atoms with E-state index in [9.17, 15) is 0 Å². The summed E-state index contributed by atoms with van der Waals surface area (Å²) in [6.45, 7) is 5.41. The van der Waals surface area contributed by atoms with Crippen molar-refractivity contribution >= 4 is 0 Å². The third-order valence-electron chi connectivity index (χ3n) is 4.56. The van der Waals surface area contributed by atoms with Crippen LogP contribution in [-0.4, -0.2) is 6.04 Å². The second-order valence-corrected chi connectivity index (χ2v) is 5.96. The van der Waals surface area contributed by atoms with Crippen molar-refractivity contribution < 1.29 is 0 Å². The fourth-order valence-electron chi connectivity index (χ4n) is 3.25. The van der Waals surface area contributed by atoms with Crippen LogP contribution in [0.25, 0.3) is 0 Å². The minimum absolute atomic E-state index is 0.615. The molecule has 0 saturated carbocycles. The first-order valence-corrected chi connectivity index (χ1v) is 7.59. The number of hydrogen-bond acceptors (Lipinski definition) is 1. The molecule has 1 aliphatic carbocycles. The average molecular weight is 265 g/mol. The molecule has 1 aliphatic rings. The van der Waals surface area contributed by atoms with Crippen molar-refractivity contribution in [1.82, 2.24) is 5.32 Å². The zero-order valence-electron chi connectivity index (χ0n) is 12.4. The molecular weight excluding hydrogens is 242 g/mol. The number of aryl methyl sites for hydroxylation is 3. The Hall–Kier alpha value is -1.60. The molecular formula is C19H23N. The summed E-state index contributed by atoms with van der Waals surface area (Å²) >= 11 is 0. The van der Waals surface area contributed by atoms with Crippen molar-refractivity contribution in [1.29, 1.82) is 0 Å². The molecule has 0 spiro atoms. The van der Waals surface area contributed by atoms with Gasteiger partial charge in [-0.2, -0.15) is 0 Å². The lowest BCUT2D eigenvalue weighted by atomic mass is 9.88. The van der Waals surface area contributed by atoms with Crippen molar-refractivity contribution in [2.45, 2.75) is 45.7 Å². The largest absolute Gasteiger partial charge is 0.310 e. The smallest absolute Gasteiger partial charge is 0.0213 e. The van der Waals surface area contributed by atoms with Crippen LogP contribution < -0.4 is 5.32 Å². The van der Waals surface area contributed by atoms with E-state index in [-0.39, 0.29) is 0 Å². The zero-order chi connectivity index (χ0) is 13.9. The van der Waals surface area contributed by atoms with E-state index < -0.39 is 0 Å². The molecule has 104 valence electrons. The summed E-state index contributed by atoms with van der Waals surface area (Å²) in [5.74, 6) is 0. The summed E-state index contributed by atoms with van der Waals surface area (Å²) in [6, 6.07) is 16.0. The summed E-state index contributed by atoms with van der Waals surface area (Å²) in [4.78, 5) is 0. The predicted molar refractivity (Wildman–Crippen MR) is 85.0 cm³/mol. The van der Waals surface area contributed by atoms with Gasteiger partial charge in [0.05, 0.1) is 0 Å². The highest BCUT2D eigenvalue weighted by Crippen LogP contribution is 2.22. The van der Waals surface area contributed by atoms with Gasteiger partial charge in [0.15, 0.2) is 0 Å². The zero-order valence-corrected chi connectivity index (χ0v) is 12.4. The summed E-state index contributed by atoms with van der Waals surface area (Å²) in [6.07, 6.45) is 3.63. The average Bonchev–Trinajstić information content (AvgIpc) is 2.46. The molecule has 1 unspecified atom stereocenters. The molecule has 0 saturated heterocycles. The van der Waals surface area contributed by atoms with Gasteiger partial charge < -0.3 is 5.32 Å². The van der Waals surface area contributed by atoms with Crippen LogP contribution in [0.15, 0.2) is 42.5 Å². The van der Waals surface area contributed by atoms with Gasteiger partial charge in [-0.05, 0) is 60.9 Å². The molecule has 0 bridgehead atoms. The minimum atomic E-state index is 0.615. The third-order valence-corrected chi connectivity index (χ3v) is 4.56. The first-order chi connectivity index (χ1) is 9.74. The van der Waals surface area contributed by atoms with Crippen LogP contribution in [0.4, 0.5) is 0 Å². The Morgan fingerprint density at radius 3 is 2.40 bits per heavy atom. The SMILES string of the molecule is Cc1cccc(C)c1CNC1CCc2ccccc2C1. The summed E-state index contributed by atoms with van der Waals surface area (Å²) < 4.78 is 0. The number of rotatable bonds is 3. The van der Waals surface area contributed by atoms with Crippen molar-refractivity contribution in [3.63, 3.8) is 0 Å². The van der Waals surface area contributed by atoms with E-state index in [1.165, 1.54) is 47.1 Å². The molecule has 1 atom stereocenters. The van der Waals surface area contributed by atoms with Crippen LogP contribution in [-0.2, 0) is 19.4 Å². The van der Waals surface area contributed by atoms with Gasteiger partial charge in [-0.1, -0.05) is 42.5 Å². The maximum absolute atomic E-state index is 3.76. The highest BCUT2D eigenvalue weighted by molar-refractivity contribution is 5.34. The Kier molecular flexibility index (Phi) is 3.88. The fraction of sp³-hybridized carbons (Fsp3) is 0.368.